The number of halogens is 3. The number of nitrogens with zero attached hydrogens (tertiary/aromatic N) is 1. The van der Waals surface area contributed by atoms with Gasteiger partial charge in [0.1, 0.15) is 0 Å². The third-order valence-electron chi connectivity index (χ3n) is 4.09. The molecular weight excluding hydrogens is 443 g/mol. The van der Waals surface area contributed by atoms with E-state index in [4.69, 9.17) is 34.8 Å². The van der Waals surface area contributed by atoms with Gasteiger partial charge in [-0.25, -0.2) is 8.42 Å². The van der Waals surface area contributed by atoms with Crippen LogP contribution < -0.4 is 9.62 Å². The third-order valence-corrected chi connectivity index (χ3v) is 6.84. The van der Waals surface area contributed by atoms with Gasteiger partial charge >= 0.3 is 0 Å². The lowest BCUT2D eigenvalue weighted by Crippen LogP contribution is -2.39. The highest BCUT2D eigenvalue weighted by molar-refractivity contribution is 7.92. The van der Waals surface area contributed by atoms with E-state index in [1.165, 1.54) is 41.6 Å². The third kappa shape index (κ3) is 5.77. The van der Waals surface area contributed by atoms with Crippen LogP contribution in [-0.2, 0) is 14.8 Å². The smallest absolute Gasteiger partial charge is 0.264 e. The van der Waals surface area contributed by atoms with Gasteiger partial charge in [0.25, 0.3) is 10.0 Å². The van der Waals surface area contributed by atoms with Crippen LogP contribution in [0.5, 0.6) is 0 Å². The summed E-state index contributed by atoms with van der Waals surface area (Å²) in [7, 11) is -3.92. The lowest BCUT2D eigenvalue weighted by molar-refractivity contribution is -0.118. The van der Waals surface area contributed by atoms with Crippen molar-refractivity contribution in [3.8, 4) is 0 Å². The van der Waals surface area contributed by atoms with Crippen molar-refractivity contribution in [2.45, 2.75) is 37.6 Å². The van der Waals surface area contributed by atoms with E-state index in [9.17, 15) is 13.2 Å². The van der Waals surface area contributed by atoms with Crippen molar-refractivity contribution in [2.24, 2.45) is 0 Å². The molecule has 9 heteroatoms. The Bertz CT molecular complexity index is 934. The van der Waals surface area contributed by atoms with Crippen LogP contribution in [0.15, 0.2) is 47.4 Å². The largest absolute Gasteiger partial charge is 0.356 e. The van der Waals surface area contributed by atoms with Crippen LogP contribution in [0.2, 0.25) is 15.1 Å². The summed E-state index contributed by atoms with van der Waals surface area (Å²) >= 11 is 18.3. The summed E-state index contributed by atoms with van der Waals surface area (Å²) in [6, 6.07) is 10.2. The summed E-state index contributed by atoms with van der Waals surface area (Å²) in [4.78, 5) is 11.1. The van der Waals surface area contributed by atoms with Gasteiger partial charge in [-0.05, 0) is 62.2 Å². The molecule has 0 radical (unpaired) electrons. The Balaban J connectivity index is 2.42. The lowest BCUT2D eigenvalue weighted by atomic mass is 10.1. The molecule has 1 atom stereocenters. The van der Waals surface area contributed by atoms with Crippen LogP contribution in [0.4, 0.5) is 5.69 Å². The Morgan fingerprint density at radius 3 is 2.29 bits per heavy atom. The van der Waals surface area contributed by atoms with Crippen molar-refractivity contribution < 1.29 is 13.2 Å². The van der Waals surface area contributed by atoms with Gasteiger partial charge < -0.3 is 5.32 Å². The topological polar surface area (TPSA) is 66.5 Å². The zero-order valence-electron chi connectivity index (χ0n) is 15.5. The van der Waals surface area contributed by atoms with Gasteiger partial charge in [0.2, 0.25) is 5.91 Å². The average Bonchev–Trinajstić information content (AvgIpc) is 2.62. The molecular formula is C19H21Cl3N2O3S. The van der Waals surface area contributed by atoms with E-state index < -0.39 is 16.1 Å². The van der Waals surface area contributed by atoms with Crippen molar-refractivity contribution in [1.82, 2.24) is 5.32 Å². The van der Waals surface area contributed by atoms with Crippen LogP contribution in [0.25, 0.3) is 0 Å². The maximum atomic E-state index is 13.4. The molecule has 0 unspecified atom stereocenters. The Labute approximate surface area is 180 Å². The van der Waals surface area contributed by atoms with Crippen molar-refractivity contribution in [3.05, 3.63) is 57.5 Å². The van der Waals surface area contributed by atoms with E-state index >= 15 is 0 Å². The molecule has 2 aromatic rings. The first-order valence-corrected chi connectivity index (χ1v) is 11.2. The van der Waals surface area contributed by atoms with Gasteiger partial charge in [-0.15, -0.1) is 0 Å². The fourth-order valence-electron chi connectivity index (χ4n) is 2.76. The minimum atomic E-state index is -3.92. The standard InChI is InChI=1S/C19H21Cl3N2O3S/c1-13(4-3-11-23-14(2)25)24(19-12-16(21)7-10-18(19)22)28(26,27)17-8-5-15(20)6-9-17/h5-10,12-13H,3-4,11H2,1-2H3,(H,23,25)/t13-/m1/s1. The number of benzene rings is 2. The van der Waals surface area contributed by atoms with E-state index in [0.717, 1.165) is 0 Å². The van der Waals surface area contributed by atoms with Gasteiger partial charge in [0.05, 0.1) is 15.6 Å². The highest BCUT2D eigenvalue weighted by atomic mass is 35.5. The van der Waals surface area contributed by atoms with Crippen molar-refractivity contribution in [1.29, 1.82) is 0 Å². The molecule has 0 bridgehead atoms. The van der Waals surface area contributed by atoms with Crippen LogP contribution in [0, 0.1) is 0 Å². The zero-order valence-corrected chi connectivity index (χ0v) is 18.5. The van der Waals surface area contributed by atoms with Crippen LogP contribution in [0.3, 0.4) is 0 Å². The minimum Gasteiger partial charge on any atom is -0.356 e. The van der Waals surface area contributed by atoms with Crippen molar-refractivity contribution in [3.63, 3.8) is 0 Å². The van der Waals surface area contributed by atoms with E-state index in [-0.39, 0.29) is 15.8 Å². The number of sulfonamides is 1. The summed E-state index contributed by atoms with van der Waals surface area (Å²) in [5.41, 5.74) is 0.302. The number of nitrogens with one attached hydrogen (secondary N) is 1. The molecule has 0 saturated heterocycles. The first kappa shape index (κ1) is 22.8. The quantitative estimate of drug-likeness (QED) is 0.551. The molecule has 152 valence electrons. The molecule has 0 spiro atoms. The number of amides is 1. The van der Waals surface area contributed by atoms with Crippen molar-refractivity contribution in [2.75, 3.05) is 10.8 Å². The first-order valence-electron chi connectivity index (χ1n) is 8.62. The SMILES string of the molecule is CC(=O)NCCC[C@@H](C)N(c1cc(Cl)ccc1Cl)S(=O)(=O)c1ccc(Cl)cc1. The summed E-state index contributed by atoms with van der Waals surface area (Å²) in [5, 5.41) is 3.80. The Kier molecular flexibility index (Phi) is 8.01. The highest BCUT2D eigenvalue weighted by Crippen LogP contribution is 2.35. The summed E-state index contributed by atoms with van der Waals surface area (Å²) in [6.45, 7) is 3.68. The van der Waals surface area contributed by atoms with Crippen molar-refractivity contribution >= 4 is 56.4 Å². The number of anilines is 1. The normalized spacial score (nSPS) is 12.5. The molecule has 1 N–H and O–H groups in total. The Hall–Kier alpha value is -1.47. The predicted octanol–water partition coefficient (Wildman–Crippen LogP) is 5.15. The second kappa shape index (κ2) is 9.83. The first-order chi connectivity index (χ1) is 13.1. The number of carbonyl (C=O) groups is 1. The molecule has 0 heterocycles. The second-order valence-electron chi connectivity index (χ2n) is 6.32. The molecule has 0 aromatic heterocycles. The number of hydrogen-bond acceptors (Lipinski definition) is 3. The molecule has 28 heavy (non-hydrogen) atoms. The molecule has 0 fully saturated rings. The van der Waals surface area contributed by atoms with Crippen LogP contribution >= 0.6 is 34.8 Å². The number of carbonyl (C=O) groups excluding carboxylic acids is 1. The molecule has 1 amide bonds. The lowest BCUT2D eigenvalue weighted by Gasteiger charge is -2.31. The average molecular weight is 464 g/mol. The zero-order chi connectivity index (χ0) is 20.9. The molecule has 0 aliphatic rings. The van der Waals surface area contributed by atoms with Crippen LogP contribution in [-0.4, -0.2) is 26.9 Å². The number of hydrogen-bond donors (Lipinski definition) is 1. The molecule has 0 aliphatic heterocycles. The maximum Gasteiger partial charge on any atom is 0.264 e. The molecule has 0 aliphatic carbocycles. The molecule has 2 aromatic carbocycles. The fourth-order valence-corrected chi connectivity index (χ4v) is 5.01. The van der Waals surface area contributed by atoms with Gasteiger partial charge in [-0.1, -0.05) is 34.8 Å². The fraction of sp³-hybridized carbons (Fsp3) is 0.316. The van der Waals surface area contributed by atoms with Crippen LogP contribution in [0.1, 0.15) is 26.7 Å². The molecule has 0 saturated carbocycles. The highest BCUT2D eigenvalue weighted by Gasteiger charge is 2.31. The maximum absolute atomic E-state index is 13.4. The van der Waals surface area contributed by atoms with E-state index in [2.05, 4.69) is 5.32 Å². The van der Waals surface area contributed by atoms with E-state index in [1.54, 1.807) is 19.1 Å². The van der Waals surface area contributed by atoms with E-state index in [1.807, 2.05) is 0 Å². The Morgan fingerprint density at radius 2 is 1.68 bits per heavy atom. The summed E-state index contributed by atoms with van der Waals surface area (Å²) < 4.78 is 28.1. The Morgan fingerprint density at radius 1 is 1.07 bits per heavy atom. The van der Waals surface area contributed by atoms with Gasteiger partial charge in [0, 0.05) is 29.6 Å². The molecule has 5 nitrogen and oxygen atoms in total. The second-order valence-corrected chi connectivity index (χ2v) is 9.42. The summed E-state index contributed by atoms with van der Waals surface area (Å²) in [6.07, 6.45) is 1.11. The summed E-state index contributed by atoms with van der Waals surface area (Å²) in [5.74, 6) is -0.129. The van der Waals surface area contributed by atoms with E-state index in [0.29, 0.717) is 35.1 Å². The minimum absolute atomic E-state index is 0.0988. The predicted molar refractivity (Wildman–Crippen MR) is 115 cm³/mol. The van der Waals surface area contributed by atoms with Gasteiger partial charge in [0.15, 0.2) is 0 Å². The monoisotopic (exact) mass is 462 g/mol. The molecule has 2 rings (SSSR count). The van der Waals surface area contributed by atoms with Gasteiger partial charge in [-0.2, -0.15) is 0 Å². The number of rotatable bonds is 8. The van der Waals surface area contributed by atoms with Gasteiger partial charge in [-0.3, -0.25) is 9.10 Å².